The molecule has 1 aromatic heterocycles. The number of aromatic nitrogens is 1. The van der Waals surface area contributed by atoms with Crippen LogP contribution in [0.4, 0.5) is 0 Å². The molecule has 0 spiro atoms. The van der Waals surface area contributed by atoms with Crippen LogP contribution in [0.15, 0.2) is 29.6 Å². The Labute approximate surface area is 92.7 Å². The zero-order chi connectivity index (χ0) is 9.26. The molecule has 0 aliphatic carbocycles. The molecule has 0 bridgehead atoms. The van der Waals surface area contributed by atoms with Gasteiger partial charge in [-0.1, -0.05) is 0 Å². The molecule has 1 aromatic carbocycles. The lowest BCUT2D eigenvalue weighted by Gasteiger charge is -1.95. The SMILES string of the molecule is Cc1csc(-c2ccc(O)cc2)n1.Cl. The molecule has 0 fully saturated rings. The average Bonchev–Trinajstić information content (AvgIpc) is 2.53. The number of thiazole rings is 1. The predicted octanol–water partition coefficient (Wildman–Crippen LogP) is 3.25. The second kappa shape index (κ2) is 4.44. The molecule has 74 valence electrons. The Balaban J connectivity index is 0.000000980. The van der Waals surface area contributed by atoms with Crippen LogP contribution in [-0.4, -0.2) is 10.1 Å². The number of benzene rings is 1. The first kappa shape index (κ1) is 11.0. The van der Waals surface area contributed by atoms with E-state index in [1.165, 1.54) is 0 Å². The summed E-state index contributed by atoms with van der Waals surface area (Å²) in [5.41, 5.74) is 2.09. The molecule has 1 N–H and O–H groups in total. The van der Waals surface area contributed by atoms with Gasteiger partial charge in [-0.25, -0.2) is 4.98 Å². The van der Waals surface area contributed by atoms with Gasteiger partial charge < -0.3 is 5.11 Å². The Hall–Kier alpha value is -1.06. The molecular weight excluding hydrogens is 218 g/mol. The Morgan fingerprint density at radius 2 is 1.86 bits per heavy atom. The number of halogens is 1. The fraction of sp³-hybridized carbons (Fsp3) is 0.100. The molecule has 0 aliphatic rings. The van der Waals surface area contributed by atoms with Crippen molar-refractivity contribution in [3.63, 3.8) is 0 Å². The standard InChI is InChI=1S/C10H9NOS.ClH/c1-7-6-13-10(11-7)8-2-4-9(12)5-3-8;/h2-6,12H,1H3;1H. The van der Waals surface area contributed by atoms with Crippen LogP contribution in [0.3, 0.4) is 0 Å². The van der Waals surface area contributed by atoms with Crippen molar-refractivity contribution in [1.82, 2.24) is 4.98 Å². The summed E-state index contributed by atoms with van der Waals surface area (Å²) in [5, 5.41) is 12.1. The van der Waals surface area contributed by atoms with Gasteiger partial charge >= 0.3 is 0 Å². The van der Waals surface area contributed by atoms with Crippen molar-refractivity contribution >= 4 is 23.7 Å². The lowest BCUT2D eigenvalue weighted by molar-refractivity contribution is 0.475. The van der Waals surface area contributed by atoms with Gasteiger partial charge in [0.05, 0.1) is 0 Å². The zero-order valence-electron chi connectivity index (χ0n) is 7.60. The molecule has 4 heteroatoms. The number of aromatic hydroxyl groups is 1. The van der Waals surface area contributed by atoms with Crippen LogP contribution in [0.1, 0.15) is 5.69 Å². The van der Waals surface area contributed by atoms with Crippen molar-refractivity contribution in [2.45, 2.75) is 6.92 Å². The summed E-state index contributed by atoms with van der Waals surface area (Å²) < 4.78 is 0. The minimum atomic E-state index is 0. The zero-order valence-corrected chi connectivity index (χ0v) is 9.23. The van der Waals surface area contributed by atoms with Gasteiger partial charge in [0, 0.05) is 16.6 Å². The normalized spacial score (nSPS) is 9.50. The van der Waals surface area contributed by atoms with Gasteiger partial charge in [0.25, 0.3) is 0 Å². The van der Waals surface area contributed by atoms with E-state index in [2.05, 4.69) is 4.98 Å². The van der Waals surface area contributed by atoms with Gasteiger partial charge in [0.1, 0.15) is 10.8 Å². The fourth-order valence-electron chi connectivity index (χ4n) is 1.09. The topological polar surface area (TPSA) is 33.1 Å². The highest BCUT2D eigenvalue weighted by Crippen LogP contribution is 2.24. The largest absolute Gasteiger partial charge is 0.508 e. The first-order chi connectivity index (χ1) is 6.25. The molecule has 2 rings (SSSR count). The van der Waals surface area contributed by atoms with E-state index in [0.717, 1.165) is 16.3 Å². The molecule has 2 aromatic rings. The fourth-order valence-corrected chi connectivity index (χ4v) is 1.89. The van der Waals surface area contributed by atoms with Crippen molar-refractivity contribution < 1.29 is 5.11 Å². The molecule has 0 radical (unpaired) electrons. The highest BCUT2D eigenvalue weighted by atomic mass is 35.5. The lowest BCUT2D eigenvalue weighted by Crippen LogP contribution is -1.75. The van der Waals surface area contributed by atoms with Crippen molar-refractivity contribution in [2.24, 2.45) is 0 Å². The number of nitrogens with zero attached hydrogens (tertiary/aromatic N) is 1. The number of hydrogen-bond donors (Lipinski definition) is 1. The summed E-state index contributed by atoms with van der Waals surface area (Å²) in [7, 11) is 0. The van der Waals surface area contributed by atoms with E-state index in [-0.39, 0.29) is 18.2 Å². The predicted molar refractivity (Wildman–Crippen MR) is 61.2 cm³/mol. The van der Waals surface area contributed by atoms with Crippen molar-refractivity contribution in [3.8, 4) is 16.3 Å². The van der Waals surface area contributed by atoms with Gasteiger partial charge in [-0.05, 0) is 31.2 Å². The van der Waals surface area contributed by atoms with E-state index in [4.69, 9.17) is 5.11 Å². The Morgan fingerprint density at radius 3 is 2.36 bits per heavy atom. The quantitative estimate of drug-likeness (QED) is 0.812. The average molecular weight is 228 g/mol. The molecular formula is C10H10ClNOS. The van der Waals surface area contributed by atoms with Crippen LogP contribution >= 0.6 is 23.7 Å². The third-order valence-electron chi connectivity index (χ3n) is 1.73. The van der Waals surface area contributed by atoms with E-state index >= 15 is 0 Å². The molecule has 0 saturated carbocycles. The van der Waals surface area contributed by atoms with Crippen LogP contribution in [0.25, 0.3) is 10.6 Å². The van der Waals surface area contributed by atoms with Crippen molar-refractivity contribution in [3.05, 3.63) is 35.3 Å². The second-order valence-corrected chi connectivity index (χ2v) is 3.70. The maximum absolute atomic E-state index is 9.09. The number of phenols is 1. The molecule has 0 saturated heterocycles. The van der Waals surface area contributed by atoms with Crippen molar-refractivity contribution in [2.75, 3.05) is 0 Å². The smallest absolute Gasteiger partial charge is 0.123 e. The lowest BCUT2D eigenvalue weighted by atomic mass is 10.2. The number of rotatable bonds is 1. The maximum Gasteiger partial charge on any atom is 0.123 e. The van der Waals surface area contributed by atoms with E-state index in [1.807, 2.05) is 24.4 Å². The molecule has 0 unspecified atom stereocenters. The highest BCUT2D eigenvalue weighted by molar-refractivity contribution is 7.13. The van der Waals surface area contributed by atoms with Gasteiger partial charge in [0.2, 0.25) is 0 Å². The van der Waals surface area contributed by atoms with Crippen LogP contribution in [0.5, 0.6) is 5.75 Å². The summed E-state index contributed by atoms with van der Waals surface area (Å²) in [6, 6.07) is 7.08. The molecule has 1 heterocycles. The van der Waals surface area contributed by atoms with Crippen LogP contribution in [0, 0.1) is 6.92 Å². The van der Waals surface area contributed by atoms with Crippen molar-refractivity contribution in [1.29, 1.82) is 0 Å². The third kappa shape index (κ3) is 2.25. The minimum absolute atomic E-state index is 0. The summed E-state index contributed by atoms with van der Waals surface area (Å²) in [6.07, 6.45) is 0. The van der Waals surface area contributed by atoms with Gasteiger partial charge in [-0.3, -0.25) is 0 Å². The summed E-state index contributed by atoms with van der Waals surface area (Å²) in [4.78, 5) is 4.35. The van der Waals surface area contributed by atoms with E-state index < -0.39 is 0 Å². The Morgan fingerprint density at radius 1 is 1.21 bits per heavy atom. The third-order valence-corrected chi connectivity index (χ3v) is 2.74. The second-order valence-electron chi connectivity index (χ2n) is 2.84. The monoisotopic (exact) mass is 227 g/mol. The van der Waals surface area contributed by atoms with E-state index in [9.17, 15) is 0 Å². The number of aryl methyl sites for hydroxylation is 1. The van der Waals surface area contributed by atoms with Gasteiger partial charge in [-0.15, -0.1) is 23.7 Å². The van der Waals surface area contributed by atoms with Gasteiger partial charge in [-0.2, -0.15) is 0 Å². The maximum atomic E-state index is 9.09. The first-order valence-corrected chi connectivity index (χ1v) is 4.85. The number of phenolic OH excluding ortho intramolecular Hbond substituents is 1. The summed E-state index contributed by atoms with van der Waals surface area (Å²) in [6.45, 7) is 1.97. The molecule has 0 amide bonds. The van der Waals surface area contributed by atoms with Gasteiger partial charge in [0.15, 0.2) is 0 Å². The molecule has 0 atom stereocenters. The van der Waals surface area contributed by atoms with E-state index in [1.54, 1.807) is 23.5 Å². The Kier molecular flexibility index (Phi) is 3.49. The first-order valence-electron chi connectivity index (χ1n) is 3.97. The molecule has 0 aliphatic heterocycles. The summed E-state index contributed by atoms with van der Waals surface area (Å²) in [5.74, 6) is 0.289. The minimum Gasteiger partial charge on any atom is -0.508 e. The Bertz CT molecular complexity index is 410. The number of hydrogen-bond acceptors (Lipinski definition) is 3. The van der Waals surface area contributed by atoms with Crippen LogP contribution in [-0.2, 0) is 0 Å². The van der Waals surface area contributed by atoms with E-state index in [0.29, 0.717) is 0 Å². The highest BCUT2D eigenvalue weighted by Gasteiger charge is 2.01. The summed E-state index contributed by atoms with van der Waals surface area (Å²) >= 11 is 1.62. The van der Waals surface area contributed by atoms with Crippen LogP contribution in [0.2, 0.25) is 0 Å². The van der Waals surface area contributed by atoms with Crippen LogP contribution < -0.4 is 0 Å². The molecule has 2 nitrogen and oxygen atoms in total. The molecule has 14 heavy (non-hydrogen) atoms.